The van der Waals surface area contributed by atoms with Gasteiger partial charge in [-0.3, -0.25) is 9.59 Å². The van der Waals surface area contributed by atoms with Crippen LogP contribution in [0, 0.1) is 0 Å². The van der Waals surface area contributed by atoms with Gasteiger partial charge in [-0.05, 0) is 49.2 Å². The van der Waals surface area contributed by atoms with Gasteiger partial charge in [0.1, 0.15) is 17.5 Å². The third-order valence-electron chi connectivity index (χ3n) is 4.58. The number of likely N-dealkylation sites (N-methyl/N-ethyl adjacent to an activating group) is 1. The van der Waals surface area contributed by atoms with Gasteiger partial charge in [0.2, 0.25) is 11.8 Å². The molecule has 6 nitrogen and oxygen atoms in total. The van der Waals surface area contributed by atoms with E-state index in [1.54, 1.807) is 32.0 Å². The molecule has 2 rings (SSSR count). The molecule has 2 aromatic rings. The van der Waals surface area contributed by atoms with E-state index in [1.807, 2.05) is 42.5 Å². The maximum absolute atomic E-state index is 12.8. The molecule has 0 bridgehead atoms. The topological polar surface area (TPSA) is 67.9 Å². The van der Waals surface area contributed by atoms with E-state index in [1.165, 1.54) is 0 Å². The van der Waals surface area contributed by atoms with Crippen LogP contribution in [0.1, 0.15) is 25.3 Å². The predicted octanol–water partition coefficient (Wildman–Crippen LogP) is 3.67. The van der Waals surface area contributed by atoms with E-state index >= 15 is 0 Å². The summed E-state index contributed by atoms with van der Waals surface area (Å²) in [5, 5.41) is 3.16. The van der Waals surface area contributed by atoms with E-state index in [9.17, 15) is 9.59 Å². The molecule has 2 amide bonds. The monoisotopic (exact) mass is 418 g/mol. The van der Waals surface area contributed by atoms with Crippen LogP contribution in [-0.4, -0.2) is 43.5 Å². The SMILES string of the molecule is CNC(=O)C(C)N(Cc1ccccc1Cl)C(=O)CCCOc1ccc(OC)cc1. The lowest BCUT2D eigenvalue weighted by Crippen LogP contribution is -2.46. The lowest BCUT2D eigenvalue weighted by atomic mass is 10.1. The van der Waals surface area contributed by atoms with E-state index in [4.69, 9.17) is 21.1 Å². The Morgan fingerprint density at radius 1 is 1.10 bits per heavy atom. The van der Waals surface area contributed by atoms with Crippen LogP contribution in [0.25, 0.3) is 0 Å². The summed E-state index contributed by atoms with van der Waals surface area (Å²) >= 11 is 6.24. The number of amides is 2. The Morgan fingerprint density at radius 3 is 2.38 bits per heavy atom. The van der Waals surface area contributed by atoms with Crippen LogP contribution >= 0.6 is 11.6 Å². The smallest absolute Gasteiger partial charge is 0.242 e. The first kappa shape index (κ1) is 22.6. The Bertz CT molecular complexity index is 811. The number of nitrogens with one attached hydrogen (secondary N) is 1. The first-order valence-corrected chi connectivity index (χ1v) is 9.85. The minimum atomic E-state index is -0.605. The molecule has 0 aliphatic carbocycles. The lowest BCUT2D eigenvalue weighted by molar-refractivity contribution is -0.140. The molecule has 29 heavy (non-hydrogen) atoms. The number of carbonyl (C=O) groups excluding carboxylic acids is 2. The lowest BCUT2D eigenvalue weighted by Gasteiger charge is -2.28. The number of methoxy groups -OCH3 is 1. The molecular weight excluding hydrogens is 392 g/mol. The van der Waals surface area contributed by atoms with E-state index in [2.05, 4.69) is 5.32 Å². The standard InChI is InChI=1S/C22H27ClN2O4/c1-16(22(27)24-2)25(15-17-7-4-5-8-20(17)23)21(26)9-6-14-29-19-12-10-18(28-3)11-13-19/h4-5,7-8,10-13,16H,6,9,14-15H2,1-3H3,(H,24,27). The number of nitrogens with zero attached hydrogens (tertiary/aromatic N) is 1. The zero-order valence-electron chi connectivity index (χ0n) is 17.0. The van der Waals surface area contributed by atoms with Crippen molar-refractivity contribution < 1.29 is 19.1 Å². The Labute approximate surface area is 176 Å². The van der Waals surface area contributed by atoms with Gasteiger partial charge < -0.3 is 19.7 Å². The van der Waals surface area contributed by atoms with Crippen molar-refractivity contribution in [2.45, 2.75) is 32.4 Å². The summed E-state index contributed by atoms with van der Waals surface area (Å²) in [6, 6.07) is 14.0. The molecule has 1 unspecified atom stereocenters. The molecule has 0 fully saturated rings. The maximum atomic E-state index is 12.8. The summed E-state index contributed by atoms with van der Waals surface area (Å²) in [6.07, 6.45) is 0.798. The molecule has 0 saturated heterocycles. The number of rotatable bonds is 10. The van der Waals surface area contributed by atoms with E-state index < -0.39 is 6.04 Å². The molecule has 0 spiro atoms. The molecule has 1 atom stereocenters. The van der Waals surface area contributed by atoms with Gasteiger partial charge >= 0.3 is 0 Å². The summed E-state index contributed by atoms with van der Waals surface area (Å²) in [5.41, 5.74) is 0.799. The second-order valence-electron chi connectivity index (χ2n) is 6.53. The summed E-state index contributed by atoms with van der Waals surface area (Å²) < 4.78 is 10.8. The normalized spacial score (nSPS) is 11.4. The van der Waals surface area contributed by atoms with Crippen molar-refractivity contribution in [1.82, 2.24) is 10.2 Å². The molecule has 0 radical (unpaired) electrons. The highest BCUT2D eigenvalue weighted by Crippen LogP contribution is 2.20. The Morgan fingerprint density at radius 2 is 1.76 bits per heavy atom. The molecule has 0 saturated carbocycles. The molecule has 7 heteroatoms. The molecule has 1 N–H and O–H groups in total. The molecule has 2 aromatic carbocycles. The first-order valence-electron chi connectivity index (χ1n) is 9.47. The summed E-state index contributed by atoms with van der Waals surface area (Å²) in [7, 11) is 3.16. The zero-order chi connectivity index (χ0) is 21.2. The summed E-state index contributed by atoms with van der Waals surface area (Å²) in [6.45, 7) is 2.38. The molecule has 0 aliphatic rings. The average Bonchev–Trinajstić information content (AvgIpc) is 2.75. The number of benzene rings is 2. The number of hydrogen-bond acceptors (Lipinski definition) is 4. The van der Waals surface area contributed by atoms with Crippen molar-refractivity contribution >= 4 is 23.4 Å². The van der Waals surface area contributed by atoms with Gasteiger partial charge in [-0.15, -0.1) is 0 Å². The number of carbonyl (C=O) groups is 2. The van der Waals surface area contributed by atoms with Crippen LogP contribution in [0.4, 0.5) is 0 Å². The van der Waals surface area contributed by atoms with Gasteiger partial charge in [-0.2, -0.15) is 0 Å². The van der Waals surface area contributed by atoms with Crippen molar-refractivity contribution in [3.8, 4) is 11.5 Å². The van der Waals surface area contributed by atoms with Crippen LogP contribution in [-0.2, 0) is 16.1 Å². The van der Waals surface area contributed by atoms with Gasteiger partial charge in [0.05, 0.1) is 13.7 Å². The van der Waals surface area contributed by atoms with Crippen molar-refractivity contribution in [1.29, 1.82) is 0 Å². The number of ether oxygens (including phenoxy) is 2. The summed E-state index contributed by atoms with van der Waals surface area (Å²) in [4.78, 5) is 26.5. The van der Waals surface area contributed by atoms with Crippen LogP contribution < -0.4 is 14.8 Å². The minimum absolute atomic E-state index is 0.126. The first-order chi connectivity index (χ1) is 14.0. The van der Waals surface area contributed by atoms with E-state index in [-0.39, 0.29) is 24.8 Å². The van der Waals surface area contributed by atoms with Gasteiger partial charge in [-0.1, -0.05) is 29.8 Å². The van der Waals surface area contributed by atoms with Crippen LogP contribution in [0.2, 0.25) is 5.02 Å². The second kappa shape index (κ2) is 11.3. The van der Waals surface area contributed by atoms with Gasteiger partial charge in [0.15, 0.2) is 0 Å². The fourth-order valence-corrected chi connectivity index (χ4v) is 3.03. The molecule has 156 valence electrons. The molecular formula is C22H27ClN2O4. The minimum Gasteiger partial charge on any atom is -0.497 e. The highest BCUT2D eigenvalue weighted by Gasteiger charge is 2.25. The Hall–Kier alpha value is -2.73. The molecule has 0 heterocycles. The average molecular weight is 419 g/mol. The Balaban J connectivity index is 1.95. The van der Waals surface area contributed by atoms with E-state index in [0.717, 1.165) is 11.3 Å². The fourth-order valence-electron chi connectivity index (χ4n) is 2.83. The quantitative estimate of drug-likeness (QED) is 0.598. The Kier molecular flexibility index (Phi) is 8.80. The number of halogens is 1. The predicted molar refractivity (Wildman–Crippen MR) is 113 cm³/mol. The molecule has 0 aliphatic heterocycles. The third kappa shape index (κ3) is 6.68. The maximum Gasteiger partial charge on any atom is 0.242 e. The summed E-state index contributed by atoms with van der Waals surface area (Å²) in [5.74, 6) is 1.12. The van der Waals surface area contributed by atoms with Crippen molar-refractivity contribution in [3.05, 3.63) is 59.1 Å². The highest BCUT2D eigenvalue weighted by atomic mass is 35.5. The molecule has 0 aromatic heterocycles. The zero-order valence-corrected chi connectivity index (χ0v) is 17.7. The number of hydrogen-bond donors (Lipinski definition) is 1. The van der Waals surface area contributed by atoms with Crippen molar-refractivity contribution in [2.75, 3.05) is 20.8 Å². The van der Waals surface area contributed by atoms with Crippen LogP contribution in [0.3, 0.4) is 0 Å². The van der Waals surface area contributed by atoms with Crippen molar-refractivity contribution in [2.24, 2.45) is 0 Å². The highest BCUT2D eigenvalue weighted by molar-refractivity contribution is 6.31. The van der Waals surface area contributed by atoms with Gasteiger partial charge in [0.25, 0.3) is 0 Å². The fraction of sp³-hybridized carbons (Fsp3) is 0.364. The second-order valence-corrected chi connectivity index (χ2v) is 6.94. The van der Waals surface area contributed by atoms with Gasteiger partial charge in [0, 0.05) is 25.0 Å². The van der Waals surface area contributed by atoms with E-state index in [0.29, 0.717) is 23.8 Å². The van der Waals surface area contributed by atoms with Crippen molar-refractivity contribution in [3.63, 3.8) is 0 Å². The third-order valence-corrected chi connectivity index (χ3v) is 4.94. The van der Waals surface area contributed by atoms with Crippen LogP contribution in [0.15, 0.2) is 48.5 Å². The van der Waals surface area contributed by atoms with Crippen LogP contribution in [0.5, 0.6) is 11.5 Å². The largest absolute Gasteiger partial charge is 0.497 e. The van der Waals surface area contributed by atoms with Gasteiger partial charge in [-0.25, -0.2) is 0 Å².